The summed E-state index contributed by atoms with van der Waals surface area (Å²) in [7, 11) is 0. The van der Waals surface area contributed by atoms with Crippen LogP contribution >= 0.6 is 0 Å². The van der Waals surface area contributed by atoms with Gasteiger partial charge in [-0.1, -0.05) is 6.08 Å². The molecule has 0 saturated carbocycles. The van der Waals surface area contributed by atoms with E-state index in [1.807, 2.05) is 13.0 Å². The summed E-state index contributed by atoms with van der Waals surface area (Å²) in [5.41, 5.74) is 0.863. The van der Waals surface area contributed by atoms with E-state index in [0.717, 1.165) is 23.5 Å². The van der Waals surface area contributed by atoms with Gasteiger partial charge in [0.1, 0.15) is 11.5 Å². The van der Waals surface area contributed by atoms with Crippen LogP contribution in [-0.4, -0.2) is 5.11 Å². The number of aliphatic hydroxyl groups excluding tert-OH is 1. The van der Waals surface area contributed by atoms with E-state index >= 15 is 0 Å². The molecule has 2 nitrogen and oxygen atoms in total. The highest BCUT2D eigenvalue weighted by Crippen LogP contribution is 2.14. The number of allylic oxidation sites excluding steroid dienone is 1. The Hall–Kier alpha value is -1.02. The van der Waals surface area contributed by atoms with Crippen LogP contribution in [0, 0.1) is 6.92 Å². The van der Waals surface area contributed by atoms with Crippen molar-refractivity contribution in [1.82, 2.24) is 0 Å². The van der Waals surface area contributed by atoms with Gasteiger partial charge in [0, 0.05) is 12.0 Å². The molecule has 0 spiro atoms. The Labute approximate surface area is 66.2 Å². The average Bonchev–Trinajstić information content (AvgIpc) is 2.32. The van der Waals surface area contributed by atoms with Gasteiger partial charge >= 0.3 is 0 Å². The minimum atomic E-state index is 0.0481. The largest absolute Gasteiger partial charge is 0.466 e. The van der Waals surface area contributed by atoms with Crippen LogP contribution in [0.2, 0.25) is 0 Å². The predicted octanol–water partition coefficient (Wildman–Crippen LogP) is 1.81. The van der Waals surface area contributed by atoms with Gasteiger partial charge in [-0.2, -0.15) is 0 Å². The summed E-state index contributed by atoms with van der Waals surface area (Å²) in [5, 5.41) is 8.81. The standard InChI is InChI=1S/C9H12O2/c1-3-4-9-5-8(6-10)7(2)11-9/h3,5,10H,1,4,6H2,2H3. The summed E-state index contributed by atoms with van der Waals surface area (Å²) in [6, 6.07) is 1.86. The van der Waals surface area contributed by atoms with Crippen molar-refractivity contribution >= 4 is 0 Å². The Balaban J connectivity index is 2.85. The second-order valence-corrected chi connectivity index (χ2v) is 2.45. The highest BCUT2D eigenvalue weighted by molar-refractivity contribution is 5.20. The molecular formula is C9H12O2. The first kappa shape index (κ1) is 8.08. The topological polar surface area (TPSA) is 33.4 Å². The molecule has 0 bridgehead atoms. The Morgan fingerprint density at radius 1 is 1.73 bits per heavy atom. The zero-order valence-corrected chi connectivity index (χ0v) is 6.63. The van der Waals surface area contributed by atoms with Crippen molar-refractivity contribution in [3.8, 4) is 0 Å². The molecule has 1 rings (SSSR count). The number of hydrogen-bond donors (Lipinski definition) is 1. The molecule has 1 heterocycles. The first-order valence-corrected chi connectivity index (χ1v) is 3.58. The molecule has 0 unspecified atom stereocenters. The molecule has 0 aliphatic heterocycles. The van der Waals surface area contributed by atoms with E-state index in [1.54, 1.807) is 6.08 Å². The molecule has 0 aromatic carbocycles. The molecule has 1 N–H and O–H groups in total. The molecule has 11 heavy (non-hydrogen) atoms. The maximum Gasteiger partial charge on any atom is 0.108 e. The Bertz CT molecular complexity index is 248. The molecule has 1 aromatic heterocycles. The fourth-order valence-electron chi connectivity index (χ4n) is 0.987. The summed E-state index contributed by atoms with van der Waals surface area (Å²) in [6.07, 6.45) is 2.50. The third kappa shape index (κ3) is 1.71. The number of aliphatic hydroxyl groups is 1. The Morgan fingerprint density at radius 3 is 2.91 bits per heavy atom. The van der Waals surface area contributed by atoms with E-state index in [1.165, 1.54) is 0 Å². The van der Waals surface area contributed by atoms with Gasteiger partial charge in [-0.3, -0.25) is 0 Å². The lowest BCUT2D eigenvalue weighted by Gasteiger charge is -1.86. The van der Waals surface area contributed by atoms with Gasteiger partial charge in [-0.05, 0) is 13.0 Å². The molecular weight excluding hydrogens is 140 g/mol. The average molecular weight is 152 g/mol. The summed E-state index contributed by atoms with van der Waals surface area (Å²) < 4.78 is 5.31. The Morgan fingerprint density at radius 2 is 2.45 bits per heavy atom. The molecule has 1 aromatic rings. The van der Waals surface area contributed by atoms with Gasteiger partial charge < -0.3 is 9.52 Å². The molecule has 0 atom stereocenters. The van der Waals surface area contributed by atoms with E-state index in [4.69, 9.17) is 9.52 Å². The van der Waals surface area contributed by atoms with E-state index in [-0.39, 0.29) is 6.61 Å². The smallest absolute Gasteiger partial charge is 0.108 e. The van der Waals surface area contributed by atoms with E-state index in [0.29, 0.717) is 0 Å². The van der Waals surface area contributed by atoms with Crippen molar-refractivity contribution in [2.24, 2.45) is 0 Å². The van der Waals surface area contributed by atoms with Crippen LogP contribution in [0.15, 0.2) is 23.1 Å². The van der Waals surface area contributed by atoms with Crippen LogP contribution in [0.3, 0.4) is 0 Å². The van der Waals surface area contributed by atoms with Crippen LogP contribution in [0.1, 0.15) is 17.1 Å². The monoisotopic (exact) mass is 152 g/mol. The van der Waals surface area contributed by atoms with Gasteiger partial charge in [0.2, 0.25) is 0 Å². The predicted molar refractivity (Wildman–Crippen MR) is 43.3 cm³/mol. The summed E-state index contributed by atoms with van der Waals surface area (Å²) in [6.45, 7) is 5.49. The number of aryl methyl sites for hydroxylation is 1. The number of hydrogen-bond acceptors (Lipinski definition) is 2. The number of furan rings is 1. The maximum atomic E-state index is 8.81. The minimum absolute atomic E-state index is 0.0481. The van der Waals surface area contributed by atoms with Crippen molar-refractivity contribution < 1.29 is 9.52 Å². The third-order valence-electron chi connectivity index (χ3n) is 1.59. The normalized spacial score (nSPS) is 10.0. The van der Waals surface area contributed by atoms with Crippen LogP contribution < -0.4 is 0 Å². The van der Waals surface area contributed by atoms with Crippen molar-refractivity contribution in [2.75, 3.05) is 0 Å². The first-order chi connectivity index (χ1) is 5.27. The van der Waals surface area contributed by atoms with E-state index < -0.39 is 0 Å². The van der Waals surface area contributed by atoms with Crippen LogP contribution in [-0.2, 0) is 13.0 Å². The van der Waals surface area contributed by atoms with Gasteiger partial charge in [0.15, 0.2) is 0 Å². The Kier molecular flexibility index (Phi) is 2.49. The van der Waals surface area contributed by atoms with Crippen molar-refractivity contribution in [3.63, 3.8) is 0 Å². The molecule has 0 saturated heterocycles. The minimum Gasteiger partial charge on any atom is -0.466 e. The van der Waals surface area contributed by atoms with Gasteiger partial charge in [-0.25, -0.2) is 0 Å². The third-order valence-corrected chi connectivity index (χ3v) is 1.59. The highest BCUT2D eigenvalue weighted by Gasteiger charge is 2.03. The summed E-state index contributed by atoms with van der Waals surface area (Å²) in [4.78, 5) is 0. The van der Waals surface area contributed by atoms with Crippen molar-refractivity contribution in [1.29, 1.82) is 0 Å². The summed E-state index contributed by atoms with van der Waals surface area (Å²) >= 11 is 0. The van der Waals surface area contributed by atoms with Crippen molar-refractivity contribution in [3.05, 3.63) is 35.8 Å². The lowest BCUT2D eigenvalue weighted by molar-refractivity contribution is 0.279. The molecule has 0 aliphatic rings. The molecule has 60 valence electrons. The van der Waals surface area contributed by atoms with E-state index in [2.05, 4.69) is 6.58 Å². The lowest BCUT2D eigenvalue weighted by atomic mass is 10.2. The molecule has 0 radical (unpaired) electrons. The van der Waals surface area contributed by atoms with E-state index in [9.17, 15) is 0 Å². The van der Waals surface area contributed by atoms with Crippen LogP contribution in [0.4, 0.5) is 0 Å². The zero-order chi connectivity index (χ0) is 8.27. The second kappa shape index (κ2) is 3.39. The first-order valence-electron chi connectivity index (χ1n) is 3.58. The molecule has 2 heteroatoms. The SMILES string of the molecule is C=CCc1cc(CO)c(C)o1. The fourth-order valence-corrected chi connectivity index (χ4v) is 0.987. The second-order valence-electron chi connectivity index (χ2n) is 2.45. The maximum absolute atomic E-state index is 8.81. The lowest BCUT2D eigenvalue weighted by Crippen LogP contribution is -1.79. The van der Waals surface area contributed by atoms with Gasteiger partial charge in [0.25, 0.3) is 0 Å². The van der Waals surface area contributed by atoms with Crippen LogP contribution in [0.25, 0.3) is 0 Å². The van der Waals surface area contributed by atoms with Gasteiger partial charge in [-0.15, -0.1) is 6.58 Å². The quantitative estimate of drug-likeness (QED) is 0.670. The molecule has 0 aliphatic carbocycles. The fraction of sp³-hybridized carbons (Fsp3) is 0.333. The van der Waals surface area contributed by atoms with Crippen LogP contribution in [0.5, 0.6) is 0 Å². The zero-order valence-electron chi connectivity index (χ0n) is 6.63. The molecule has 0 fully saturated rings. The molecule has 0 amide bonds. The highest BCUT2D eigenvalue weighted by atomic mass is 16.3. The summed E-state index contributed by atoms with van der Waals surface area (Å²) in [5.74, 6) is 1.66. The van der Waals surface area contributed by atoms with Crippen molar-refractivity contribution in [2.45, 2.75) is 20.0 Å². The van der Waals surface area contributed by atoms with Gasteiger partial charge in [0.05, 0.1) is 6.61 Å². The number of rotatable bonds is 3.